The molecule has 11 aromatic rings. The summed E-state index contributed by atoms with van der Waals surface area (Å²) in [5.41, 5.74) is 23.8. The fourth-order valence-corrected chi connectivity index (χ4v) is 12.0. The molecule has 330 valence electrons. The van der Waals surface area contributed by atoms with Crippen LogP contribution in [-0.2, 0) is 10.8 Å². The molecular formula is C69H49N. The van der Waals surface area contributed by atoms with Crippen LogP contribution in [0.3, 0.4) is 0 Å². The fraction of sp³-hybridized carbons (Fsp3) is 0.0435. The molecule has 0 aliphatic heterocycles. The van der Waals surface area contributed by atoms with Crippen molar-refractivity contribution >= 4 is 17.1 Å². The number of benzene rings is 11. The lowest BCUT2D eigenvalue weighted by Crippen LogP contribution is -2.28. The third-order valence-electron chi connectivity index (χ3n) is 15.3. The smallest absolute Gasteiger partial charge is 0.0713 e. The summed E-state index contributed by atoms with van der Waals surface area (Å²) < 4.78 is 0. The molecular weight excluding hydrogens is 843 g/mol. The maximum atomic E-state index is 2.47. The van der Waals surface area contributed by atoms with Gasteiger partial charge in [-0.3, -0.25) is 0 Å². The lowest BCUT2D eigenvalue weighted by molar-refractivity contribution is 0.714. The third kappa shape index (κ3) is 6.46. The molecule has 0 saturated heterocycles. The fourth-order valence-electron chi connectivity index (χ4n) is 12.0. The second-order valence-electron chi connectivity index (χ2n) is 18.9. The van der Waals surface area contributed by atoms with Gasteiger partial charge < -0.3 is 4.90 Å². The van der Waals surface area contributed by atoms with Crippen LogP contribution in [0.1, 0.15) is 45.9 Å². The van der Waals surface area contributed by atoms with Crippen LogP contribution >= 0.6 is 0 Å². The van der Waals surface area contributed by atoms with Gasteiger partial charge in [-0.25, -0.2) is 0 Å². The quantitative estimate of drug-likeness (QED) is 0.140. The summed E-state index contributed by atoms with van der Waals surface area (Å²) >= 11 is 0. The zero-order valence-electron chi connectivity index (χ0n) is 39.0. The molecule has 0 radical (unpaired) electrons. The van der Waals surface area contributed by atoms with Gasteiger partial charge in [0.25, 0.3) is 0 Å². The van der Waals surface area contributed by atoms with Crippen LogP contribution in [0, 0.1) is 0 Å². The van der Waals surface area contributed by atoms with Crippen molar-refractivity contribution in [1.29, 1.82) is 0 Å². The summed E-state index contributed by atoms with van der Waals surface area (Å²) in [7, 11) is 0. The molecule has 0 fully saturated rings. The summed E-state index contributed by atoms with van der Waals surface area (Å²) in [6.07, 6.45) is 0. The minimum atomic E-state index is -0.481. The predicted octanol–water partition coefficient (Wildman–Crippen LogP) is 17.9. The van der Waals surface area contributed by atoms with Crippen molar-refractivity contribution in [3.05, 3.63) is 318 Å². The molecule has 1 heteroatoms. The molecule has 0 amide bonds. The molecule has 0 aromatic heterocycles. The molecule has 1 atom stereocenters. The summed E-state index contributed by atoms with van der Waals surface area (Å²) in [5, 5.41) is 0. The Bertz CT molecular complexity index is 3650. The Morgan fingerprint density at radius 2 is 0.671 bits per heavy atom. The molecule has 0 bridgehead atoms. The molecule has 13 rings (SSSR count). The number of anilines is 3. The van der Waals surface area contributed by atoms with Crippen LogP contribution in [0.5, 0.6) is 0 Å². The Kier molecular flexibility index (Phi) is 9.92. The Morgan fingerprint density at radius 1 is 0.243 bits per heavy atom. The monoisotopic (exact) mass is 891 g/mol. The average molecular weight is 892 g/mol. The van der Waals surface area contributed by atoms with E-state index in [1.165, 1.54) is 94.6 Å². The Balaban J connectivity index is 0.999. The first-order valence-electron chi connectivity index (χ1n) is 24.4. The topological polar surface area (TPSA) is 3.24 Å². The van der Waals surface area contributed by atoms with Crippen molar-refractivity contribution in [3.63, 3.8) is 0 Å². The highest BCUT2D eigenvalue weighted by Crippen LogP contribution is 2.58. The van der Waals surface area contributed by atoms with Crippen LogP contribution in [0.25, 0.3) is 55.6 Å². The van der Waals surface area contributed by atoms with E-state index in [9.17, 15) is 0 Å². The lowest BCUT2D eigenvalue weighted by atomic mass is 9.68. The molecule has 0 N–H and O–H groups in total. The molecule has 1 unspecified atom stereocenters. The van der Waals surface area contributed by atoms with Crippen molar-refractivity contribution < 1.29 is 0 Å². The van der Waals surface area contributed by atoms with Gasteiger partial charge in [0.05, 0.1) is 5.41 Å². The molecule has 2 aliphatic carbocycles. The van der Waals surface area contributed by atoms with E-state index in [1.807, 2.05) is 0 Å². The highest BCUT2D eigenvalue weighted by molar-refractivity contribution is 5.93. The van der Waals surface area contributed by atoms with Crippen molar-refractivity contribution in [3.8, 4) is 55.6 Å². The highest BCUT2D eigenvalue weighted by Gasteiger charge is 2.46. The van der Waals surface area contributed by atoms with E-state index >= 15 is 0 Å². The van der Waals surface area contributed by atoms with Gasteiger partial charge in [-0.15, -0.1) is 0 Å². The van der Waals surface area contributed by atoms with Crippen LogP contribution < -0.4 is 4.90 Å². The van der Waals surface area contributed by atoms with E-state index in [2.05, 4.69) is 291 Å². The normalized spacial score (nSPS) is 14.8. The van der Waals surface area contributed by atoms with E-state index in [0.717, 1.165) is 17.1 Å². The largest absolute Gasteiger partial charge is 0.310 e. The molecule has 11 aromatic carbocycles. The third-order valence-corrected chi connectivity index (χ3v) is 15.3. The maximum absolute atomic E-state index is 2.47. The number of fused-ring (bicyclic) bond motifs is 6. The van der Waals surface area contributed by atoms with Gasteiger partial charge >= 0.3 is 0 Å². The summed E-state index contributed by atoms with van der Waals surface area (Å²) in [5.74, 6) is 0. The Morgan fingerprint density at radius 3 is 1.30 bits per heavy atom. The molecule has 2 aliphatic rings. The molecule has 1 nitrogen and oxygen atoms in total. The van der Waals surface area contributed by atoms with Gasteiger partial charge in [-0.05, 0) is 144 Å². The molecule has 0 spiro atoms. The van der Waals surface area contributed by atoms with Crippen LogP contribution in [0.2, 0.25) is 0 Å². The minimum absolute atomic E-state index is 0.344. The van der Waals surface area contributed by atoms with Gasteiger partial charge in [0.15, 0.2) is 0 Å². The van der Waals surface area contributed by atoms with E-state index < -0.39 is 5.41 Å². The van der Waals surface area contributed by atoms with E-state index in [4.69, 9.17) is 0 Å². The van der Waals surface area contributed by atoms with Gasteiger partial charge in [-0.1, -0.05) is 237 Å². The van der Waals surface area contributed by atoms with Crippen LogP contribution in [-0.4, -0.2) is 0 Å². The van der Waals surface area contributed by atoms with Gasteiger partial charge in [0.2, 0.25) is 0 Å². The number of hydrogen-bond acceptors (Lipinski definition) is 1. The van der Waals surface area contributed by atoms with Crippen molar-refractivity contribution in [2.45, 2.75) is 17.8 Å². The van der Waals surface area contributed by atoms with Crippen LogP contribution in [0.4, 0.5) is 17.1 Å². The Hall–Kier alpha value is -8.78. The lowest BCUT2D eigenvalue weighted by Gasteiger charge is -2.34. The predicted molar refractivity (Wildman–Crippen MR) is 292 cm³/mol. The minimum Gasteiger partial charge on any atom is -0.310 e. The van der Waals surface area contributed by atoms with E-state index in [1.54, 1.807) is 0 Å². The Labute approximate surface area is 411 Å². The summed E-state index contributed by atoms with van der Waals surface area (Å²) in [4.78, 5) is 2.47. The zero-order valence-corrected chi connectivity index (χ0v) is 39.0. The number of nitrogens with zero attached hydrogens (tertiary/aromatic N) is 1. The van der Waals surface area contributed by atoms with Crippen molar-refractivity contribution in [2.24, 2.45) is 0 Å². The number of hydrogen-bond donors (Lipinski definition) is 0. The summed E-state index contributed by atoms with van der Waals surface area (Å²) in [6, 6.07) is 103. The highest BCUT2D eigenvalue weighted by atomic mass is 15.1. The second kappa shape index (κ2) is 16.8. The van der Waals surface area contributed by atoms with E-state index in [-0.39, 0.29) is 5.41 Å². The van der Waals surface area contributed by atoms with Crippen molar-refractivity contribution in [1.82, 2.24) is 0 Å². The maximum Gasteiger partial charge on any atom is 0.0713 e. The van der Waals surface area contributed by atoms with Crippen molar-refractivity contribution in [2.75, 3.05) is 4.90 Å². The van der Waals surface area contributed by atoms with Gasteiger partial charge in [0, 0.05) is 22.5 Å². The van der Waals surface area contributed by atoms with Crippen LogP contribution in [0.15, 0.2) is 279 Å². The zero-order chi connectivity index (χ0) is 46.7. The number of rotatable bonds is 9. The molecule has 70 heavy (non-hydrogen) atoms. The SMILES string of the molecule is CC1(c2ccccc2)c2ccccc2-c2ccc(N(c3ccc(-c4ccc(-c5ccccc5)c(-c5ccccc5)c4)cc3)c3ccc4c(c3)-c3ccccc3C4(c3ccccc3)c3ccccc3)cc21. The summed E-state index contributed by atoms with van der Waals surface area (Å²) in [6.45, 7) is 2.40. The van der Waals surface area contributed by atoms with Gasteiger partial charge in [0.1, 0.15) is 0 Å². The second-order valence-corrected chi connectivity index (χ2v) is 18.9. The molecule has 0 saturated carbocycles. The average Bonchev–Trinajstić information content (AvgIpc) is 3.88. The first kappa shape index (κ1) is 41.4. The first-order valence-corrected chi connectivity index (χ1v) is 24.4. The van der Waals surface area contributed by atoms with E-state index in [0.29, 0.717) is 0 Å². The van der Waals surface area contributed by atoms with Gasteiger partial charge in [-0.2, -0.15) is 0 Å². The standard InChI is InChI=1S/C69H49N/c1-68(52-25-11-4-12-26-52)64-33-19-17-31-59(64)61-43-40-57(47-67(61)68)70(55-38-35-48(36-39-55)51-37-42-58(49-21-7-2-8-22-49)62(45-51)50-23-9-3-10-24-50)56-41-44-66-63(46-56)60-32-18-20-34-65(60)69(66,53-27-13-5-14-28-53)54-29-15-6-16-30-54/h2-47H,1H3. The molecule has 0 heterocycles. The first-order chi connectivity index (χ1) is 34.6.